The molecule has 2 aromatic rings. The molecule has 0 aromatic carbocycles. The maximum atomic E-state index is 12.0. The van der Waals surface area contributed by atoms with Gasteiger partial charge in [-0.15, -0.1) is 0 Å². The number of aromatic amines is 1. The van der Waals surface area contributed by atoms with Gasteiger partial charge < -0.3 is 20.8 Å². The number of nitrogens with two attached hydrogens (primary N) is 2. The van der Waals surface area contributed by atoms with Crippen LogP contribution in [0.3, 0.4) is 0 Å². The standard InChI is InChI=1S/C13H19N5O2/c1-2-8-3-4-9(20-8)18-6-7(5-14)10-11(18)16-13(15)17-12(10)19/h6,8-9H,2-5,14H2,1H3,(H3,15,16,17,19)/t8-,9-/m1/s1. The van der Waals surface area contributed by atoms with Crippen LogP contribution in [0.1, 0.15) is 38.0 Å². The Morgan fingerprint density at radius 1 is 1.55 bits per heavy atom. The monoisotopic (exact) mass is 277 g/mol. The molecule has 0 saturated carbocycles. The molecule has 7 nitrogen and oxygen atoms in total. The summed E-state index contributed by atoms with van der Waals surface area (Å²) >= 11 is 0. The summed E-state index contributed by atoms with van der Waals surface area (Å²) in [6.45, 7) is 2.38. The van der Waals surface area contributed by atoms with Gasteiger partial charge in [-0.1, -0.05) is 6.92 Å². The van der Waals surface area contributed by atoms with Gasteiger partial charge in [0.1, 0.15) is 6.23 Å². The molecule has 2 atom stereocenters. The van der Waals surface area contributed by atoms with Crippen LogP contribution in [0, 0.1) is 0 Å². The van der Waals surface area contributed by atoms with Gasteiger partial charge >= 0.3 is 0 Å². The predicted molar refractivity (Wildman–Crippen MR) is 76.1 cm³/mol. The third-order valence-electron chi connectivity index (χ3n) is 3.85. The van der Waals surface area contributed by atoms with E-state index < -0.39 is 0 Å². The largest absolute Gasteiger partial charge is 0.369 e. The molecule has 3 rings (SSSR count). The predicted octanol–water partition coefficient (Wildman–Crippen LogP) is 0.853. The summed E-state index contributed by atoms with van der Waals surface area (Å²) in [6.07, 6.45) is 4.91. The molecule has 1 aliphatic rings. The number of nitrogens with one attached hydrogen (secondary N) is 1. The zero-order chi connectivity index (χ0) is 14.3. The molecule has 5 N–H and O–H groups in total. The fourth-order valence-electron chi connectivity index (χ4n) is 2.81. The number of ether oxygens (including phenoxy) is 1. The van der Waals surface area contributed by atoms with E-state index in [1.165, 1.54) is 0 Å². The van der Waals surface area contributed by atoms with Crippen molar-refractivity contribution in [1.29, 1.82) is 0 Å². The van der Waals surface area contributed by atoms with Crippen molar-refractivity contribution in [3.63, 3.8) is 0 Å². The van der Waals surface area contributed by atoms with Crippen molar-refractivity contribution >= 4 is 17.0 Å². The highest BCUT2D eigenvalue weighted by atomic mass is 16.5. The van der Waals surface area contributed by atoms with E-state index in [4.69, 9.17) is 16.2 Å². The number of nitrogen functional groups attached to an aromatic ring is 1. The van der Waals surface area contributed by atoms with E-state index in [-0.39, 0.29) is 30.4 Å². The molecule has 0 amide bonds. The second-order valence-electron chi connectivity index (χ2n) is 5.11. The highest BCUT2D eigenvalue weighted by molar-refractivity contribution is 5.80. The number of hydrogen-bond acceptors (Lipinski definition) is 5. The van der Waals surface area contributed by atoms with Crippen LogP contribution in [0.5, 0.6) is 0 Å². The molecule has 0 bridgehead atoms. The minimum Gasteiger partial charge on any atom is -0.369 e. The van der Waals surface area contributed by atoms with Crippen molar-refractivity contribution in [3.8, 4) is 0 Å². The van der Waals surface area contributed by atoms with Gasteiger partial charge in [-0.3, -0.25) is 9.78 Å². The van der Waals surface area contributed by atoms with Crippen molar-refractivity contribution in [2.24, 2.45) is 5.73 Å². The summed E-state index contributed by atoms with van der Waals surface area (Å²) in [6, 6.07) is 0. The molecule has 20 heavy (non-hydrogen) atoms. The van der Waals surface area contributed by atoms with Gasteiger partial charge in [0.05, 0.1) is 11.5 Å². The summed E-state index contributed by atoms with van der Waals surface area (Å²) in [5.41, 5.74) is 12.4. The Hall–Kier alpha value is -1.86. The highest BCUT2D eigenvalue weighted by Crippen LogP contribution is 2.32. The molecule has 0 spiro atoms. The van der Waals surface area contributed by atoms with Crippen LogP contribution in [0.25, 0.3) is 11.0 Å². The molecule has 0 unspecified atom stereocenters. The molecule has 1 saturated heterocycles. The van der Waals surface area contributed by atoms with Crippen molar-refractivity contribution in [2.45, 2.75) is 45.1 Å². The average molecular weight is 277 g/mol. The minimum absolute atomic E-state index is 0.101. The van der Waals surface area contributed by atoms with Crippen molar-refractivity contribution < 1.29 is 4.74 Å². The van der Waals surface area contributed by atoms with Gasteiger partial charge in [0, 0.05) is 12.7 Å². The van der Waals surface area contributed by atoms with Gasteiger partial charge in [0.25, 0.3) is 5.56 Å². The molecule has 7 heteroatoms. The van der Waals surface area contributed by atoms with Crippen molar-refractivity contribution in [1.82, 2.24) is 14.5 Å². The number of aromatic nitrogens is 3. The number of fused-ring (bicyclic) bond motifs is 1. The Morgan fingerprint density at radius 3 is 3.00 bits per heavy atom. The Bertz CT molecular complexity index is 690. The lowest BCUT2D eigenvalue weighted by molar-refractivity contribution is 0.00315. The van der Waals surface area contributed by atoms with Gasteiger partial charge in [-0.25, -0.2) is 0 Å². The Labute approximate surface area is 115 Å². The molecule has 3 heterocycles. The van der Waals surface area contributed by atoms with E-state index in [2.05, 4.69) is 16.9 Å². The summed E-state index contributed by atoms with van der Waals surface area (Å²) in [5.74, 6) is 0.107. The maximum Gasteiger partial charge on any atom is 0.262 e. The number of hydrogen-bond donors (Lipinski definition) is 3. The molecule has 108 valence electrons. The molecule has 2 aromatic heterocycles. The minimum atomic E-state index is -0.253. The average Bonchev–Trinajstić information content (AvgIpc) is 3.01. The van der Waals surface area contributed by atoms with E-state index >= 15 is 0 Å². The number of H-pyrrole nitrogens is 1. The normalized spacial score (nSPS) is 22.7. The second kappa shape index (κ2) is 4.92. The fraction of sp³-hybridized carbons (Fsp3) is 0.538. The zero-order valence-corrected chi connectivity index (χ0v) is 11.4. The summed E-state index contributed by atoms with van der Waals surface area (Å²) in [4.78, 5) is 18.8. The van der Waals surface area contributed by atoms with Crippen LogP contribution in [0.2, 0.25) is 0 Å². The van der Waals surface area contributed by atoms with Crippen LogP contribution in [0.4, 0.5) is 5.95 Å². The summed E-state index contributed by atoms with van der Waals surface area (Å²) in [5, 5.41) is 0.505. The topological polar surface area (TPSA) is 112 Å². The molecular weight excluding hydrogens is 258 g/mol. The lowest BCUT2D eigenvalue weighted by Crippen LogP contribution is -2.15. The SMILES string of the molecule is CC[C@@H]1CC[C@H](n2cc(CN)c3c(=O)[nH]c(N)nc32)O1. The third-order valence-corrected chi connectivity index (χ3v) is 3.85. The number of rotatable bonds is 3. The first-order chi connectivity index (χ1) is 9.63. The maximum absolute atomic E-state index is 12.0. The van der Waals surface area contributed by atoms with Crippen molar-refractivity contribution in [2.75, 3.05) is 5.73 Å². The number of anilines is 1. The van der Waals surface area contributed by atoms with Crippen LogP contribution in [-0.2, 0) is 11.3 Å². The molecule has 1 aliphatic heterocycles. The fourth-order valence-corrected chi connectivity index (χ4v) is 2.81. The van der Waals surface area contributed by atoms with Crippen LogP contribution < -0.4 is 17.0 Å². The lowest BCUT2D eigenvalue weighted by Gasteiger charge is -2.14. The van der Waals surface area contributed by atoms with Crippen molar-refractivity contribution in [3.05, 3.63) is 22.1 Å². The lowest BCUT2D eigenvalue weighted by atomic mass is 10.2. The van der Waals surface area contributed by atoms with Gasteiger partial charge in [0.15, 0.2) is 5.65 Å². The van der Waals surface area contributed by atoms with Crippen LogP contribution >= 0.6 is 0 Å². The molecule has 1 fully saturated rings. The van der Waals surface area contributed by atoms with E-state index in [9.17, 15) is 4.79 Å². The zero-order valence-electron chi connectivity index (χ0n) is 11.4. The van der Waals surface area contributed by atoms with E-state index in [0.29, 0.717) is 11.0 Å². The van der Waals surface area contributed by atoms with Crippen LogP contribution in [0.15, 0.2) is 11.0 Å². The molecule has 0 aliphatic carbocycles. The number of nitrogens with zero attached hydrogens (tertiary/aromatic N) is 2. The quantitative estimate of drug-likeness (QED) is 0.770. The molecular formula is C13H19N5O2. The van der Waals surface area contributed by atoms with E-state index in [1.54, 1.807) is 0 Å². The smallest absolute Gasteiger partial charge is 0.262 e. The van der Waals surface area contributed by atoms with Gasteiger partial charge in [-0.05, 0) is 24.8 Å². The van der Waals surface area contributed by atoms with E-state index in [1.807, 2.05) is 10.8 Å². The first-order valence-corrected chi connectivity index (χ1v) is 6.88. The first kappa shape index (κ1) is 13.1. The highest BCUT2D eigenvalue weighted by Gasteiger charge is 2.27. The molecule has 0 radical (unpaired) electrons. The second-order valence-corrected chi connectivity index (χ2v) is 5.11. The summed E-state index contributed by atoms with van der Waals surface area (Å²) < 4.78 is 7.86. The Kier molecular flexibility index (Phi) is 3.23. The third kappa shape index (κ3) is 1.99. The Morgan fingerprint density at radius 2 is 2.35 bits per heavy atom. The summed E-state index contributed by atoms with van der Waals surface area (Å²) in [7, 11) is 0. The Balaban J connectivity index is 2.14. The van der Waals surface area contributed by atoms with Crippen LogP contribution in [-0.4, -0.2) is 20.6 Å². The van der Waals surface area contributed by atoms with Gasteiger partial charge in [-0.2, -0.15) is 4.98 Å². The van der Waals surface area contributed by atoms with E-state index in [0.717, 1.165) is 24.8 Å². The van der Waals surface area contributed by atoms with Gasteiger partial charge in [0.2, 0.25) is 5.95 Å². The first-order valence-electron chi connectivity index (χ1n) is 6.88.